The number of para-hydroxylation sites is 2. The Labute approximate surface area is 200 Å². The molecular formula is C26H29ClN4O2. The van der Waals surface area contributed by atoms with E-state index in [0.29, 0.717) is 13.0 Å². The van der Waals surface area contributed by atoms with E-state index < -0.39 is 0 Å². The minimum atomic E-state index is -0.296. The normalized spacial score (nSPS) is 11.5. The van der Waals surface area contributed by atoms with Gasteiger partial charge < -0.3 is 20.4 Å². The van der Waals surface area contributed by atoms with Crippen LogP contribution in [-0.2, 0) is 12.8 Å². The first-order chi connectivity index (χ1) is 15.6. The van der Waals surface area contributed by atoms with Crippen molar-refractivity contribution in [2.24, 2.45) is 0 Å². The lowest BCUT2D eigenvalue weighted by Crippen LogP contribution is -2.40. The van der Waals surface area contributed by atoms with E-state index in [1.165, 1.54) is 11.1 Å². The first-order valence-electron chi connectivity index (χ1n) is 10.8. The third-order valence-electron chi connectivity index (χ3n) is 5.46. The summed E-state index contributed by atoms with van der Waals surface area (Å²) in [7, 11) is 1.65. The number of nitrogens with zero attached hydrogens (tertiary/aromatic N) is 1. The molecule has 0 saturated heterocycles. The number of ether oxygens (including phenoxy) is 1. The van der Waals surface area contributed by atoms with Gasteiger partial charge in [0.25, 0.3) is 0 Å². The fraction of sp³-hybridized carbons (Fsp3) is 0.231. The second-order valence-corrected chi connectivity index (χ2v) is 7.88. The number of H-pyrrole nitrogens is 1. The van der Waals surface area contributed by atoms with E-state index in [2.05, 4.69) is 46.8 Å². The molecule has 1 atom stereocenters. The van der Waals surface area contributed by atoms with Crippen LogP contribution in [0.3, 0.4) is 0 Å². The molecule has 0 aliphatic carbocycles. The number of benzene rings is 3. The van der Waals surface area contributed by atoms with Gasteiger partial charge in [-0.25, -0.2) is 9.78 Å². The van der Waals surface area contributed by atoms with Crippen molar-refractivity contribution < 1.29 is 9.53 Å². The van der Waals surface area contributed by atoms with Gasteiger partial charge in [-0.3, -0.25) is 0 Å². The molecule has 0 fully saturated rings. The van der Waals surface area contributed by atoms with Crippen LogP contribution in [0.25, 0.3) is 11.0 Å². The first kappa shape index (κ1) is 24.1. The summed E-state index contributed by atoms with van der Waals surface area (Å²) in [5, 5.41) is 6.06. The summed E-state index contributed by atoms with van der Waals surface area (Å²) in [6.45, 7) is 2.63. The Hall–Kier alpha value is -3.51. The van der Waals surface area contributed by atoms with E-state index in [9.17, 15) is 4.79 Å². The van der Waals surface area contributed by atoms with E-state index in [1.54, 1.807) is 7.11 Å². The zero-order chi connectivity index (χ0) is 22.3. The summed E-state index contributed by atoms with van der Waals surface area (Å²) in [5.74, 6) is 1.53. The molecule has 7 heteroatoms. The Kier molecular flexibility index (Phi) is 8.33. The number of aromatic nitrogens is 2. The van der Waals surface area contributed by atoms with Crippen molar-refractivity contribution in [1.29, 1.82) is 0 Å². The second-order valence-electron chi connectivity index (χ2n) is 7.88. The molecule has 6 nitrogen and oxygen atoms in total. The van der Waals surface area contributed by atoms with Gasteiger partial charge in [0.05, 0.1) is 24.2 Å². The molecule has 3 aromatic carbocycles. The van der Waals surface area contributed by atoms with E-state index in [0.717, 1.165) is 34.6 Å². The molecule has 4 aromatic rings. The second kappa shape index (κ2) is 11.4. The number of fused-ring (bicyclic) bond motifs is 1. The summed E-state index contributed by atoms with van der Waals surface area (Å²) in [4.78, 5) is 20.8. The molecule has 0 bridgehead atoms. The highest BCUT2D eigenvalue weighted by molar-refractivity contribution is 5.85. The number of aryl methyl sites for hydroxylation is 1. The van der Waals surface area contributed by atoms with Gasteiger partial charge in [-0.05, 0) is 55.2 Å². The highest BCUT2D eigenvalue weighted by Crippen LogP contribution is 2.21. The van der Waals surface area contributed by atoms with Gasteiger partial charge in [-0.1, -0.05) is 54.1 Å². The smallest absolute Gasteiger partial charge is 0.315 e. The van der Waals surface area contributed by atoms with Crippen LogP contribution in [-0.4, -0.2) is 29.7 Å². The number of rotatable bonds is 8. The molecule has 1 unspecified atom stereocenters. The molecule has 0 spiro atoms. The molecule has 172 valence electrons. The van der Waals surface area contributed by atoms with Gasteiger partial charge >= 0.3 is 6.03 Å². The van der Waals surface area contributed by atoms with Crippen LogP contribution in [0, 0.1) is 6.92 Å². The Morgan fingerprint density at radius 1 is 1.00 bits per heavy atom. The van der Waals surface area contributed by atoms with Gasteiger partial charge in [0.15, 0.2) is 0 Å². The molecule has 3 N–H and O–H groups in total. The van der Waals surface area contributed by atoms with E-state index in [-0.39, 0.29) is 24.5 Å². The largest absolute Gasteiger partial charge is 0.497 e. The minimum Gasteiger partial charge on any atom is -0.497 e. The van der Waals surface area contributed by atoms with Gasteiger partial charge in [-0.2, -0.15) is 0 Å². The average Bonchev–Trinajstić information content (AvgIpc) is 3.25. The first-order valence-corrected chi connectivity index (χ1v) is 10.8. The van der Waals surface area contributed by atoms with Crippen LogP contribution < -0.4 is 15.4 Å². The minimum absolute atomic E-state index is 0. The third-order valence-corrected chi connectivity index (χ3v) is 5.46. The number of carbonyl (C=O) groups is 1. The lowest BCUT2D eigenvalue weighted by molar-refractivity contribution is 0.236. The molecule has 1 heterocycles. The van der Waals surface area contributed by atoms with Crippen LogP contribution in [0.2, 0.25) is 0 Å². The molecule has 0 saturated carbocycles. The predicted molar refractivity (Wildman–Crippen MR) is 134 cm³/mol. The molecule has 1 aromatic heterocycles. The van der Waals surface area contributed by atoms with Gasteiger partial charge in [0, 0.05) is 6.54 Å². The zero-order valence-electron chi connectivity index (χ0n) is 18.8. The molecule has 0 aliphatic rings. The SMILES string of the molecule is COc1ccc(CC(NC(=O)NCCc2ccc(C)cc2)c2nc3ccccc3[nH]2)cc1.Cl. The number of methoxy groups -OCH3 is 1. The number of amides is 2. The summed E-state index contributed by atoms with van der Waals surface area (Å²) in [5.41, 5.74) is 5.33. The van der Waals surface area contributed by atoms with E-state index in [4.69, 9.17) is 9.72 Å². The number of urea groups is 1. The maximum absolute atomic E-state index is 12.7. The van der Waals surface area contributed by atoms with Crippen molar-refractivity contribution >= 4 is 29.5 Å². The lowest BCUT2D eigenvalue weighted by atomic mass is 10.1. The Morgan fingerprint density at radius 3 is 2.39 bits per heavy atom. The standard InChI is InChI=1S/C26H28N4O2.ClH/c1-18-7-9-19(10-8-18)15-16-27-26(31)30-24(17-20-11-13-21(32-2)14-12-20)25-28-22-5-3-4-6-23(22)29-25;/h3-14,24H,15-17H2,1-2H3,(H,28,29)(H2,27,30,31);1H. The number of nitrogens with one attached hydrogen (secondary N) is 3. The predicted octanol–water partition coefficient (Wildman–Crippen LogP) is 5.13. The quantitative estimate of drug-likeness (QED) is 0.338. The molecule has 2 amide bonds. The monoisotopic (exact) mass is 464 g/mol. The summed E-state index contributed by atoms with van der Waals surface area (Å²) < 4.78 is 5.25. The van der Waals surface area contributed by atoms with Crippen molar-refractivity contribution in [3.8, 4) is 5.75 Å². The molecule has 33 heavy (non-hydrogen) atoms. The number of aromatic amines is 1. The maximum Gasteiger partial charge on any atom is 0.315 e. The van der Waals surface area contributed by atoms with E-state index in [1.807, 2.05) is 48.5 Å². The van der Waals surface area contributed by atoms with E-state index >= 15 is 0 Å². The highest BCUT2D eigenvalue weighted by Gasteiger charge is 2.19. The average molecular weight is 465 g/mol. The fourth-order valence-corrected chi connectivity index (χ4v) is 3.64. The zero-order valence-corrected chi connectivity index (χ0v) is 19.6. The van der Waals surface area contributed by atoms with Crippen molar-refractivity contribution in [1.82, 2.24) is 20.6 Å². The lowest BCUT2D eigenvalue weighted by Gasteiger charge is -2.18. The third kappa shape index (κ3) is 6.49. The molecule has 0 aliphatic heterocycles. The number of hydrogen-bond acceptors (Lipinski definition) is 3. The van der Waals surface area contributed by atoms with Crippen molar-refractivity contribution in [2.45, 2.75) is 25.8 Å². The van der Waals surface area contributed by atoms with Crippen molar-refractivity contribution in [3.05, 3.63) is 95.3 Å². The van der Waals surface area contributed by atoms with Crippen LogP contribution in [0.5, 0.6) is 5.75 Å². The van der Waals surface area contributed by atoms with Crippen LogP contribution in [0.1, 0.15) is 28.6 Å². The van der Waals surface area contributed by atoms with Gasteiger partial charge in [-0.15, -0.1) is 12.4 Å². The topological polar surface area (TPSA) is 79.0 Å². The fourth-order valence-electron chi connectivity index (χ4n) is 3.64. The van der Waals surface area contributed by atoms with Crippen LogP contribution in [0.4, 0.5) is 4.79 Å². The number of carbonyl (C=O) groups excluding carboxylic acids is 1. The van der Waals surface area contributed by atoms with Gasteiger partial charge in [0.2, 0.25) is 0 Å². The summed E-state index contributed by atoms with van der Waals surface area (Å²) in [6, 6.07) is 23.6. The van der Waals surface area contributed by atoms with Crippen molar-refractivity contribution in [3.63, 3.8) is 0 Å². The molecule has 4 rings (SSSR count). The van der Waals surface area contributed by atoms with Gasteiger partial charge in [0.1, 0.15) is 11.6 Å². The highest BCUT2D eigenvalue weighted by atomic mass is 35.5. The molecular weight excluding hydrogens is 436 g/mol. The maximum atomic E-state index is 12.7. The number of hydrogen-bond donors (Lipinski definition) is 3. The number of halogens is 1. The van der Waals surface area contributed by atoms with Crippen LogP contribution in [0.15, 0.2) is 72.8 Å². The van der Waals surface area contributed by atoms with Crippen molar-refractivity contribution in [2.75, 3.05) is 13.7 Å². The summed E-state index contributed by atoms with van der Waals surface area (Å²) in [6.07, 6.45) is 1.39. The summed E-state index contributed by atoms with van der Waals surface area (Å²) >= 11 is 0. The Morgan fingerprint density at radius 2 is 1.70 bits per heavy atom. The Balaban J connectivity index is 0.00000306. The van der Waals surface area contributed by atoms with Crippen LogP contribution >= 0.6 is 12.4 Å². The number of imidazole rings is 1. The Bertz CT molecular complexity index is 1140. The molecule has 0 radical (unpaired) electrons.